The molecule has 0 saturated heterocycles. The zero-order valence-electron chi connectivity index (χ0n) is 13.9. The van der Waals surface area contributed by atoms with E-state index in [0.717, 1.165) is 44.9 Å². The average molecular weight is 312 g/mol. The van der Waals surface area contributed by atoms with E-state index in [2.05, 4.69) is 24.0 Å². The number of hydrogen-bond donors (Lipinski definition) is 2. The molecule has 0 aromatic heterocycles. The Hall–Kier alpha value is -1.13. The van der Waals surface area contributed by atoms with Gasteiger partial charge in [-0.3, -0.25) is 10.1 Å². The van der Waals surface area contributed by atoms with Crippen LogP contribution in [0.15, 0.2) is 24.3 Å². The van der Waals surface area contributed by atoms with Gasteiger partial charge in [0.05, 0.1) is 0 Å². The van der Waals surface area contributed by atoms with Gasteiger partial charge in [0.1, 0.15) is 6.10 Å². The van der Waals surface area contributed by atoms with Crippen LogP contribution in [0, 0.1) is 0 Å². The van der Waals surface area contributed by atoms with E-state index in [0.29, 0.717) is 0 Å². The first-order valence-corrected chi connectivity index (χ1v) is 8.54. The topological polar surface area (TPSA) is 66.8 Å². The SMILES string of the molecule is CCCCC/C=C\C/C=C\[C@@H](CCCCCCC(=O)O)OO. The highest BCUT2D eigenvalue weighted by Crippen LogP contribution is 2.10. The van der Waals surface area contributed by atoms with Gasteiger partial charge in [-0.25, -0.2) is 4.89 Å². The number of carboxylic acids is 1. The van der Waals surface area contributed by atoms with Crippen LogP contribution in [0.25, 0.3) is 0 Å². The Bertz CT molecular complexity index is 310. The number of carboxylic acid groups (broad SMARTS) is 1. The Labute approximate surface area is 134 Å². The molecule has 4 heteroatoms. The highest BCUT2D eigenvalue weighted by molar-refractivity contribution is 5.66. The van der Waals surface area contributed by atoms with Crippen molar-refractivity contribution < 1.29 is 20.0 Å². The molecule has 2 N–H and O–H groups in total. The van der Waals surface area contributed by atoms with Crippen LogP contribution in [0.5, 0.6) is 0 Å². The maximum Gasteiger partial charge on any atom is 0.303 e. The first-order valence-electron chi connectivity index (χ1n) is 8.54. The Balaban J connectivity index is 3.60. The van der Waals surface area contributed by atoms with E-state index in [1.54, 1.807) is 0 Å². The van der Waals surface area contributed by atoms with Gasteiger partial charge in [-0.1, -0.05) is 63.3 Å². The standard InChI is InChI=1S/C18H32O4/c1-2-3-4-5-6-7-8-11-14-17(22-21)15-12-9-10-13-16-18(19)20/h6-7,11,14,17,21H,2-5,8-10,12-13,15-16H2,1H3,(H,19,20)/b7-6-,14-11-/t17-/m0/s1. The van der Waals surface area contributed by atoms with E-state index in [9.17, 15) is 4.79 Å². The maximum absolute atomic E-state index is 10.4. The molecule has 0 saturated carbocycles. The highest BCUT2D eigenvalue weighted by Gasteiger charge is 2.04. The summed E-state index contributed by atoms with van der Waals surface area (Å²) in [4.78, 5) is 14.8. The van der Waals surface area contributed by atoms with Crippen molar-refractivity contribution in [2.45, 2.75) is 83.7 Å². The number of allylic oxidation sites excluding steroid dienone is 3. The van der Waals surface area contributed by atoms with Crippen LogP contribution in [0.4, 0.5) is 0 Å². The second kappa shape index (κ2) is 16.2. The maximum atomic E-state index is 10.4. The summed E-state index contributed by atoms with van der Waals surface area (Å²) in [5.74, 6) is -0.734. The molecule has 0 bridgehead atoms. The molecule has 1 atom stereocenters. The molecular formula is C18H32O4. The fraction of sp³-hybridized carbons (Fsp3) is 0.722. The molecule has 0 aliphatic carbocycles. The Morgan fingerprint density at radius 3 is 2.50 bits per heavy atom. The molecule has 0 unspecified atom stereocenters. The summed E-state index contributed by atoms with van der Waals surface area (Å²) >= 11 is 0. The number of hydrogen-bond acceptors (Lipinski definition) is 3. The van der Waals surface area contributed by atoms with Crippen molar-refractivity contribution in [1.82, 2.24) is 0 Å². The largest absolute Gasteiger partial charge is 0.481 e. The van der Waals surface area contributed by atoms with Crippen molar-refractivity contribution >= 4 is 5.97 Å². The molecule has 0 amide bonds. The number of unbranched alkanes of at least 4 members (excludes halogenated alkanes) is 6. The van der Waals surface area contributed by atoms with Crippen LogP contribution >= 0.6 is 0 Å². The summed E-state index contributed by atoms with van der Waals surface area (Å²) in [7, 11) is 0. The lowest BCUT2D eigenvalue weighted by atomic mass is 10.1. The first-order chi connectivity index (χ1) is 10.7. The van der Waals surface area contributed by atoms with E-state index < -0.39 is 5.97 Å². The van der Waals surface area contributed by atoms with Gasteiger partial charge in [0.25, 0.3) is 0 Å². The van der Waals surface area contributed by atoms with E-state index in [1.807, 2.05) is 12.2 Å². The molecule has 0 aliphatic rings. The van der Waals surface area contributed by atoms with Gasteiger partial charge in [0, 0.05) is 6.42 Å². The second-order valence-corrected chi connectivity index (χ2v) is 5.62. The average Bonchev–Trinajstić information content (AvgIpc) is 2.50. The van der Waals surface area contributed by atoms with Crippen molar-refractivity contribution in [2.24, 2.45) is 0 Å². The van der Waals surface area contributed by atoms with Gasteiger partial charge in [0.2, 0.25) is 0 Å². The minimum atomic E-state index is -0.734. The quantitative estimate of drug-likeness (QED) is 0.185. The minimum Gasteiger partial charge on any atom is -0.481 e. The summed E-state index contributed by atoms with van der Waals surface area (Å²) in [5, 5.41) is 17.4. The molecule has 4 nitrogen and oxygen atoms in total. The summed E-state index contributed by atoms with van der Waals surface area (Å²) in [5.41, 5.74) is 0. The van der Waals surface area contributed by atoms with Crippen molar-refractivity contribution in [2.75, 3.05) is 0 Å². The van der Waals surface area contributed by atoms with Crippen LogP contribution < -0.4 is 0 Å². The van der Waals surface area contributed by atoms with Crippen LogP contribution in [0.2, 0.25) is 0 Å². The number of rotatable bonds is 15. The van der Waals surface area contributed by atoms with Crippen molar-refractivity contribution in [1.29, 1.82) is 0 Å². The van der Waals surface area contributed by atoms with Gasteiger partial charge in [-0.2, -0.15) is 0 Å². The lowest BCUT2D eigenvalue weighted by Crippen LogP contribution is -2.06. The van der Waals surface area contributed by atoms with Gasteiger partial charge >= 0.3 is 5.97 Å². The van der Waals surface area contributed by atoms with E-state index in [-0.39, 0.29) is 12.5 Å². The van der Waals surface area contributed by atoms with Crippen LogP contribution in [0.1, 0.15) is 77.6 Å². The molecule has 0 aliphatic heterocycles. The van der Waals surface area contributed by atoms with Gasteiger partial charge < -0.3 is 5.11 Å². The van der Waals surface area contributed by atoms with E-state index in [4.69, 9.17) is 10.4 Å². The van der Waals surface area contributed by atoms with Gasteiger partial charge in [-0.15, -0.1) is 0 Å². The smallest absolute Gasteiger partial charge is 0.303 e. The lowest BCUT2D eigenvalue weighted by Gasteiger charge is -2.08. The fourth-order valence-electron chi connectivity index (χ4n) is 2.19. The van der Waals surface area contributed by atoms with Gasteiger partial charge in [0.15, 0.2) is 0 Å². The number of carbonyl (C=O) groups is 1. The van der Waals surface area contributed by atoms with Crippen LogP contribution in [0.3, 0.4) is 0 Å². The van der Waals surface area contributed by atoms with E-state index >= 15 is 0 Å². The summed E-state index contributed by atoms with van der Waals surface area (Å²) < 4.78 is 0. The monoisotopic (exact) mass is 312 g/mol. The summed E-state index contributed by atoms with van der Waals surface area (Å²) in [6, 6.07) is 0. The zero-order chi connectivity index (χ0) is 16.5. The third kappa shape index (κ3) is 15.3. The number of aliphatic carboxylic acids is 1. The highest BCUT2D eigenvalue weighted by atomic mass is 17.1. The Morgan fingerprint density at radius 2 is 1.82 bits per heavy atom. The van der Waals surface area contributed by atoms with E-state index in [1.165, 1.54) is 19.3 Å². The molecule has 0 rings (SSSR count). The predicted molar refractivity (Wildman–Crippen MR) is 89.9 cm³/mol. The third-order valence-corrected chi connectivity index (χ3v) is 3.53. The van der Waals surface area contributed by atoms with Crippen LogP contribution in [-0.4, -0.2) is 22.4 Å². The fourth-order valence-corrected chi connectivity index (χ4v) is 2.19. The molecule has 128 valence electrons. The zero-order valence-corrected chi connectivity index (χ0v) is 13.9. The normalized spacial score (nSPS) is 13.2. The predicted octanol–water partition coefficient (Wildman–Crippen LogP) is 5.35. The molecule has 0 aromatic carbocycles. The molecule has 0 aromatic rings. The van der Waals surface area contributed by atoms with Crippen LogP contribution in [-0.2, 0) is 9.68 Å². The second-order valence-electron chi connectivity index (χ2n) is 5.62. The Kier molecular flexibility index (Phi) is 15.4. The lowest BCUT2D eigenvalue weighted by molar-refractivity contribution is -0.267. The first kappa shape index (κ1) is 20.9. The minimum absolute atomic E-state index is 0.240. The molecule has 22 heavy (non-hydrogen) atoms. The van der Waals surface area contributed by atoms with Crippen molar-refractivity contribution in [3.8, 4) is 0 Å². The molecule has 0 spiro atoms. The molecule has 0 fully saturated rings. The molecule has 0 radical (unpaired) electrons. The Morgan fingerprint density at radius 1 is 1.05 bits per heavy atom. The van der Waals surface area contributed by atoms with Crippen molar-refractivity contribution in [3.63, 3.8) is 0 Å². The molecular weight excluding hydrogens is 280 g/mol. The summed E-state index contributed by atoms with van der Waals surface area (Å²) in [6.45, 7) is 2.20. The van der Waals surface area contributed by atoms with Gasteiger partial charge in [-0.05, 0) is 32.1 Å². The molecule has 0 heterocycles. The van der Waals surface area contributed by atoms with Crippen molar-refractivity contribution in [3.05, 3.63) is 24.3 Å². The summed E-state index contributed by atoms with van der Waals surface area (Å²) in [6.07, 6.45) is 18.3. The third-order valence-electron chi connectivity index (χ3n) is 3.53.